The number of halogens is 2. The van der Waals surface area contributed by atoms with Gasteiger partial charge in [0.15, 0.2) is 33.4 Å². The monoisotopic (exact) mass is 554 g/mol. The van der Waals surface area contributed by atoms with E-state index in [4.69, 9.17) is 13.9 Å². The summed E-state index contributed by atoms with van der Waals surface area (Å²) in [5.74, 6) is 2.01. The Hall–Kier alpha value is -1.06. The molecule has 172 valence electrons. The average molecular weight is 554 g/mol. The minimum absolute atomic E-state index is 0.249. The van der Waals surface area contributed by atoms with Gasteiger partial charge in [-0.1, -0.05) is 12.5 Å². The van der Waals surface area contributed by atoms with E-state index >= 15 is 0 Å². The summed E-state index contributed by atoms with van der Waals surface area (Å²) in [5, 5.41) is 0. The number of furan rings is 1. The number of fused-ring (bicyclic) bond motifs is 7. The van der Waals surface area contributed by atoms with Gasteiger partial charge in [-0.25, -0.2) is 4.39 Å². The molecule has 0 radical (unpaired) electrons. The lowest BCUT2D eigenvalue weighted by Gasteiger charge is -2.55. The highest BCUT2D eigenvalue weighted by atomic mass is 127. The van der Waals surface area contributed by atoms with E-state index in [1.54, 1.807) is 6.07 Å². The third-order valence-electron chi connectivity index (χ3n) is 9.40. The van der Waals surface area contributed by atoms with Gasteiger partial charge in [-0.15, -0.1) is 0 Å². The number of ether oxygens (including phenoxy) is 2. The number of rotatable bonds is 3. The van der Waals surface area contributed by atoms with Crippen LogP contribution in [0.2, 0.25) is 0 Å². The quantitative estimate of drug-likeness (QED) is 0.473. The highest BCUT2D eigenvalue weighted by molar-refractivity contribution is 14.1. The highest BCUT2D eigenvalue weighted by Crippen LogP contribution is 2.69. The number of allylic oxidation sites excluding steroid dienone is 1. The number of hydrogen-bond donors (Lipinski definition) is 0. The van der Waals surface area contributed by atoms with Gasteiger partial charge >= 0.3 is 0 Å². The van der Waals surface area contributed by atoms with E-state index in [1.807, 2.05) is 12.1 Å². The standard InChI is InChI=1S/C25H28FIO5/c1-24-9-8-16-15-5-3-14(28)10-13(15)2-4-17(16)18(24)11-21-25(24,20(29)12-26)32-23(31-21)19-6-7-22(27)30-19/h6-7,10,15-18,21,23H,2-5,8-9,11-12H2,1H3/t15-,16+,17+,18-,21+,23-,24-,25+/m0/s1. The molecule has 6 rings (SSSR count). The summed E-state index contributed by atoms with van der Waals surface area (Å²) in [7, 11) is 0. The molecule has 3 saturated carbocycles. The molecule has 4 aliphatic carbocycles. The van der Waals surface area contributed by atoms with Crippen LogP contribution in [-0.4, -0.2) is 29.9 Å². The molecule has 1 aromatic heterocycles. The van der Waals surface area contributed by atoms with E-state index in [0.717, 1.165) is 32.1 Å². The first-order valence-corrected chi connectivity index (χ1v) is 12.9. The van der Waals surface area contributed by atoms with Crippen LogP contribution in [0.15, 0.2) is 28.2 Å². The van der Waals surface area contributed by atoms with Gasteiger partial charge < -0.3 is 13.9 Å². The Morgan fingerprint density at radius 1 is 1.22 bits per heavy atom. The minimum Gasteiger partial charge on any atom is -0.450 e. The second-order valence-electron chi connectivity index (χ2n) is 10.5. The van der Waals surface area contributed by atoms with Crippen molar-refractivity contribution in [3.63, 3.8) is 0 Å². The van der Waals surface area contributed by atoms with Crippen molar-refractivity contribution >= 4 is 34.2 Å². The van der Waals surface area contributed by atoms with E-state index in [0.29, 0.717) is 40.1 Å². The number of ketones is 2. The molecule has 4 fully saturated rings. The predicted molar refractivity (Wildman–Crippen MR) is 121 cm³/mol. The molecule has 0 bridgehead atoms. The Kier molecular flexibility index (Phi) is 5.01. The van der Waals surface area contributed by atoms with E-state index < -0.39 is 35.9 Å². The molecule has 0 spiro atoms. The maximum Gasteiger partial charge on any atom is 0.218 e. The molecule has 5 nitrogen and oxygen atoms in total. The van der Waals surface area contributed by atoms with Gasteiger partial charge in [-0.2, -0.15) is 0 Å². The lowest BCUT2D eigenvalue weighted by Crippen LogP contribution is -2.59. The number of carbonyl (C=O) groups excluding carboxylic acids is 2. The fourth-order valence-electron chi connectivity index (χ4n) is 8.11. The fourth-order valence-corrected chi connectivity index (χ4v) is 8.55. The first kappa shape index (κ1) is 21.5. The van der Waals surface area contributed by atoms with Crippen molar-refractivity contribution in [1.82, 2.24) is 0 Å². The Morgan fingerprint density at radius 3 is 2.81 bits per heavy atom. The normalized spacial score (nSPS) is 45.0. The van der Waals surface area contributed by atoms with Crippen molar-refractivity contribution in [2.75, 3.05) is 6.67 Å². The van der Waals surface area contributed by atoms with Gasteiger partial charge in [0.05, 0.1) is 6.10 Å². The molecule has 32 heavy (non-hydrogen) atoms. The summed E-state index contributed by atoms with van der Waals surface area (Å²) in [4.78, 5) is 25.2. The molecule has 1 aliphatic heterocycles. The summed E-state index contributed by atoms with van der Waals surface area (Å²) < 4.78 is 33.1. The van der Waals surface area contributed by atoms with Gasteiger partial charge in [-0.3, -0.25) is 9.59 Å². The topological polar surface area (TPSA) is 65.7 Å². The Labute approximate surface area is 200 Å². The third kappa shape index (κ3) is 2.79. The molecule has 1 saturated heterocycles. The molecule has 7 heteroatoms. The summed E-state index contributed by atoms with van der Waals surface area (Å²) in [6.45, 7) is 1.09. The number of Topliss-reactive ketones (excluding diaryl/α,β-unsaturated/α-hetero) is 1. The van der Waals surface area contributed by atoms with Gasteiger partial charge in [0.1, 0.15) is 0 Å². The van der Waals surface area contributed by atoms with Crippen LogP contribution >= 0.6 is 22.6 Å². The zero-order valence-electron chi connectivity index (χ0n) is 18.2. The second-order valence-corrected chi connectivity index (χ2v) is 11.6. The second kappa shape index (κ2) is 7.47. The SMILES string of the molecule is C[C@]12CC[C@H]3[C@@H](CCC4=CC(=O)CC[C@@H]43)[C@@H]1C[C@H]1O[C@H](c3ccc(I)o3)O[C@]12C(=O)CF. The van der Waals surface area contributed by atoms with E-state index in [9.17, 15) is 14.0 Å². The van der Waals surface area contributed by atoms with Crippen LogP contribution in [0.3, 0.4) is 0 Å². The highest BCUT2D eigenvalue weighted by Gasteiger charge is 2.74. The van der Waals surface area contributed by atoms with Crippen LogP contribution < -0.4 is 0 Å². The van der Waals surface area contributed by atoms with Crippen LogP contribution in [0.5, 0.6) is 0 Å². The number of alkyl halides is 1. The van der Waals surface area contributed by atoms with Crippen molar-refractivity contribution in [3.05, 3.63) is 33.3 Å². The van der Waals surface area contributed by atoms with Crippen LogP contribution in [-0.2, 0) is 19.1 Å². The van der Waals surface area contributed by atoms with E-state index in [1.165, 1.54) is 5.57 Å². The minimum atomic E-state index is -1.26. The molecule has 5 aliphatic rings. The van der Waals surface area contributed by atoms with Gasteiger partial charge in [-0.05, 0) is 103 Å². The lowest BCUT2D eigenvalue weighted by atomic mass is 9.50. The van der Waals surface area contributed by atoms with Gasteiger partial charge in [0.2, 0.25) is 6.29 Å². The van der Waals surface area contributed by atoms with Crippen molar-refractivity contribution in [3.8, 4) is 0 Å². The first-order chi connectivity index (χ1) is 15.4. The summed E-state index contributed by atoms with van der Waals surface area (Å²) in [6, 6.07) is 3.63. The van der Waals surface area contributed by atoms with Gasteiger partial charge in [0, 0.05) is 11.8 Å². The fraction of sp³-hybridized carbons (Fsp3) is 0.680. The lowest BCUT2D eigenvalue weighted by molar-refractivity contribution is -0.187. The molecule has 0 amide bonds. The zero-order valence-corrected chi connectivity index (χ0v) is 20.3. The van der Waals surface area contributed by atoms with Crippen LogP contribution in [0.1, 0.15) is 63.9 Å². The molecule has 8 atom stereocenters. The number of carbonyl (C=O) groups is 2. The van der Waals surface area contributed by atoms with E-state index in [-0.39, 0.29) is 11.7 Å². The number of hydrogen-bond acceptors (Lipinski definition) is 5. The third-order valence-corrected chi connectivity index (χ3v) is 9.98. The van der Waals surface area contributed by atoms with Crippen molar-refractivity contribution in [2.45, 2.75) is 69.9 Å². The van der Waals surface area contributed by atoms with Crippen LogP contribution in [0.4, 0.5) is 4.39 Å². The van der Waals surface area contributed by atoms with E-state index in [2.05, 4.69) is 29.5 Å². The molecule has 0 N–H and O–H groups in total. The van der Waals surface area contributed by atoms with Crippen molar-refractivity contribution < 1.29 is 27.9 Å². The molecule has 1 aromatic rings. The maximum atomic E-state index is 14.0. The van der Waals surface area contributed by atoms with Crippen LogP contribution in [0.25, 0.3) is 0 Å². The molecular weight excluding hydrogens is 526 g/mol. The smallest absolute Gasteiger partial charge is 0.218 e. The largest absolute Gasteiger partial charge is 0.450 e. The van der Waals surface area contributed by atoms with Gasteiger partial charge in [0.25, 0.3) is 0 Å². The maximum absolute atomic E-state index is 14.0. The molecular formula is C25H28FIO5. The predicted octanol–water partition coefficient (Wildman–Crippen LogP) is 5.33. The Balaban J connectivity index is 1.35. The molecule has 2 heterocycles. The zero-order chi connectivity index (χ0) is 22.3. The van der Waals surface area contributed by atoms with Crippen LogP contribution in [0, 0.1) is 32.9 Å². The Bertz CT molecular complexity index is 1000. The van der Waals surface area contributed by atoms with Crippen molar-refractivity contribution in [1.29, 1.82) is 0 Å². The summed E-state index contributed by atoms with van der Waals surface area (Å²) in [6.07, 6.45) is 6.72. The Morgan fingerprint density at radius 2 is 2.06 bits per heavy atom. The average Bonchev–Trinajstić information content (AvgIpc) is 3.44. The first-order valence-electron chi connectivity index (χ1n) is 11.8. The molecule has 0 unspecified atom stereocenters. The van der Waals surface area contributed by atoms with Crippen molar-refractivity contribution in [2.24, 2.45) is 29.1 Å². The summed E-state index contributed by atoms with van der Waals surface area (Å²) in [5.41, 5.74) is -0.403. The molecule has 0 aromatic carbocycles. The summed E-state index contributed by atoms with van der Waals surface area (Å²) >= 11 is 2.08.